The number of imidazole rings is 1. The van der Waals surface area contributed by atoms with Crippen LogP contribution in [0.1, 0.15) is 31.2 Å². The van der Waals surface area contributed by atoms with E-state index in [4.69, 9.17) is 38.3 Å². The number of benzene rings is 2. The van der Waals surface area contributed by atoms with E-state index in [1.54, 1.807) is 61.5 Å². The summed E-state index contributed by atoms with van der Waals surface area (Å²) in [4.78, 5) is 35.2. The summed E-state index contributed by atoms with van der Waals surface area (Å²) in [6.07, 6.45) is -12.0. The van der Waals surface area contributed by atoms with Gasteiger partial charge in [0.15, 0.2) is 35.9 Å². The van der Waals surface area contributed by atoms with Crippen molar-refractivity contribution in [1.29, 1.82) is 0 Å². The molecule has 298 valence electrons. The molecule has 0 amide bonds. The number of aromatic nitrogens is 4. The number of H-pyrrole nitrogens is 1. The van der Waals surface area contributed by atoms with Crippen LogP contribution in [0.2, 0.25) is 0 Å². The van der Waals surface area contributed by atoms with Gasteiger partial charge in [0.1, 0.15) is 24.4 Å². The van der Waals surface area contributed by atoms with Gasteiger partial charge in [0.25, 0.3) is 5.56 Å². The third-order valence-electron chi connectivity index (χ3n) is 8.52. The van der Waals surface area contributed by atoms with Gasteiger partial charge in [0.2, 0.25) is 5.95 Å². The van der Waals surface area contributed by atoms with Gasteiger partial charge in [0, 0.05) is 6.92 Å². The van der Waals surface area contributed by atoms with Gasteiger partial charge in [-0.2, -0.15) is 21.8 Å². The maximum Gasteiger partial charge on any atom is 0.397 e. The summed E-state index contributed by atoms with van der Waals surface area (Å²) in [6, 6.07) is 17.9. The minimum absolute atomic E-state index is 0.00477. The van der Waals surface area contributed by atoms with Gasteiger partial charge >= 0.3 is 26.8 Å². The molecule has 2 fully saturated rings. The summed E-state index contributed by atoms with van der Waals surface area (Å²) in [5.41, 5.74) is 5.95. The molecule has 2 aromatic heterocycles. The number of carbonyl (C=O) groups excluding carboxylic acids is 1. The van der Waals surface area contributed by atoms with E-state index in [2.05, 4.69) is 19.1 Å². The minimum atomic E-state index is -5.35. The number of nitrogens with two attached hydrogens (primary N) is 1. The molecule has 5 N–H and O–H groups in total. The highest BCUT2D eigenvalue weighted by Gasteiger charge is 2.55. The Morgan fingerprint density at radius 1 is 0.891 bits per heavy atom. The second-order valence-electron chi connectivity index (χ2n) is 12.4. The van der Waals surface area contributed by atoms with Crippen LogP contribution < -0.4 is 11.3 Å². The highest BCUT2D eigenvalue weighted by Crippen LogP contribution is 2.39. The van der Waals surface area contributed by atoms with Crippen molar-refractivity contribution in [3.8, 4) is 0 Å². The van der Waals surface area contributed by atoms with E-state index in [1.807, 2.05) is 6.07 Å². The molecule has 0 bridgehead atoms. The zero-order valence-corrected chi connectivity index (χ0v) is 30.6. The molecule has 2 aromatic carbocycles. The number of anilines is 1. The van der Waals surface area contributed by atoms with Crippen LogP contribution >= 0.6 is 0 Å². The van der Waals surface area contributed by atoms with E-state index in [1.165, 1.54) is 6.92 Å². The molecule has 0 aliphatic carbocycles. The Balaban J connectivity index is 1.42. The molecule has 2 aliphatic heterocycles. The molecule has 0 unspecified atom stereocenters. The number of nitrogens with zero attached hydrogens (tertiary/aromatic N) is 3. The van der Waals surface area contributed by atoms with Gasteiger partial charge in [-0.05, 0) is 18.1 Å². The maximum atomic E-state index is 12.6. The largest absolute Gasteiger partial charge is 0.457 e. The lowest BCUT2D eigenvalue weighted by Gasteiger charge is -2.45. The second kappa shape index (κ2) is 16.8. The molecule has 2 saturated heterocycles. The van der Waals surface area contributed by atoms with Crippen molar-refractivity contribution >= 4 is 43.9 Å². The van der Waals surface area contributed by atoms with E-state index in [0.717, 1.165) is 16.5 Å². The average molecular weight is 812 g/mol. The first-order valence-corrected chi connectivity index (χ1v) is 19.2. The fourth-order valence-electron chi connectivity index (χ4n) is 6.25. The molecule has 0 radical (unpaired) electrons. The lowest BCUT2D eigenvalue weighted by molar-refractivity contribution is -0.328. The summed E-state index contributed by atoms with van der Waals surface area (Å²) < 4.78 is 115. The fraction of sp³-hybridized carbons (Fsp3) is 0.438. The van der Waals surface area contributed by atoms with Crippen molar-refractivity contribution < 1.29 is 67.5 Å². The van der Waals surface area contributed by atoms with Crippen LogP contribution in [0.5, 0.6) is 0 Å². The van der Waals surface area contributed by atoms with Crippen LogP contribution in [-0.2, 0) is 75.6 Å². The van der Waals surface area contributed by atoms with Gasteiger partial charge in [-0.15, -0.1) is 0 Å². The number of esters is 1. The molecule has 9 atom stereocenters. The predicted molar refractivity (Wildman–Crippen MR) is 185 cm³/mol. The van der Waals surface area contributed by atoms with Gasteiger partial charge in [-0.3, -0.25) is 28.2 Å². The quantitative estimate of drug-likeness (QED) is 0.0955. The molecule has 4 heterocycles. The van der Waals surface area contributed by atoms with Crippen LogP contribution in [0.3, 0.4) is 0 Å². The number of ether oxygens (including phenoxy) is 6. The lowest BCUT2D eigenvalue weighted by Crippen LogP contribution is -2.61. The lowest BCUT2D eigenvalue weighted by atomic mass is 9.98. The van der Waals surface area contributed by atoms with Gasteiger partial charge in [0.05, 0.1) is 32.3 Å². The number of hydrogen-bond donors (Lipinski definition) is 4. The number of fused-ring (bicyclic) bond motifs is 1. The van der Waals surface area contributed by atoms with Crippen molar-refractivity contribution in [2.45, 2.75) is 82.3 Å². The van der Waals surface area contributed by atoms with Crippen molar-refractivity contribution in [3.63, 3.8) is 0 Å². The van der Waals surface area contributed by atoms with Crippen LogP contribution in [-0.4, -0.2) is 107 Å². The third-order valence-corrected chi connectivity index (χ3v) is 9.41. The first-order valence-electron chi connectivity index (χ1n) is 16.5. The Labute approximate surface area is 313 Å². The van der Waals surface area contributed by atoms with Crippen LogP contribution in [0, 0.1) is 0 Å². The van der Waals surface area contributed by atoms with Gasteiger partial charge in [-0.1, -0.05) is 60.7 Å². The number of rotatable bonds is 15. The standard InChI is InChI=1S/C32H37N5O16S2/c1-17-23(50-18(2)38)25(46-13-19-9-5-3-6-10-19)27(47-14-20-11-7-4-8-12-20)31(49-17)52-24-21(15-48-54(40,41)42)51-30(26(24)53-55(43,44)45)37-16-34-22-28(37)35-32(33)36-29(22)39/h3-12,16-17,21,23-27,30-31H,13-15H2,1-2H3,(H,40,41,42)(H,43,44,45)(H3,33,35,36,39)/t17-,21+,23+,24+,25+,26+,27-,30+,31-/m0/s1. The monoisotopic (exact) mass is 811 g/mol. The maximum absolute atomic E-state index is 12.6. The zero-order chi connectivity index (χ0) is 39.5. The Bertz CT molecular complexity index is 2220. The molecular weight excluding hydrogens is 775 g/mol. The van der Waals surface area contributed by atoms with E-state index in [-0.39, 0.29) is 30.3 Å². The van der Waals surface area contributed by atoms with Crippen LogP contribution in [0.4, 0.5) is 5.95 Å². The van der Waals surface area contributed by atoms with E-state index < -0.39 is 94.2 Å². The van der Waals surface area contributed by atoms with E-state index in [9.17, 15) is 35.5 Å². The predicted octanol–water partition coefficient (Wildman–Crippen LogP) is 0.839. The number of aromatic amines is 1. The van der Waals surface area contributed by atoms with Gasteiger partial charge in [-0.25, -0.2) is 13.4 Å². The fourth-order valence-corrected chi connectivity index (χ4v) is 7.04. The topological polar surface area (TPSA) is 289 Å². The van der Waals surface area contributed by atoms with Crippen molar-refractivity contribution in [2.75, 3.05) is 12.3 Å². The summed E-state index contributed by atoms with van der Waals surface area (Å²) in [5, 5.41) is 0. The Kier molecular flexibility index (Phi) is 12.3. The van der Waals surface area contributed by atoms with Gasteiger partial charge < -0.3 is 34.2 Å². The van der Waals surface area contributed by atoms with Crippen molar-refractivity contribution in [1.82, 2.24) is 19.5 Å². The third kappa shape index (κ3) is 10.1. The van der Waals surface area contributed by atoms with Crippen molar-refractivity contribution in [3.05, 3.63) is 88.5 Å². The summed E-state index contributed by atoms with van der Waals surface area (Å²) >= 11 is 0. The Hall–Kier alpha value is -4.40. The minimum Gasteiger partial charge on any atom is -0.457 e. The molecular formula is C32H37N5O16S2. The Morgan fingerprint density at radius 2 is 1.51 bits per heavy atom. The zero-order valence-electron chi connectivity index (χ0n) is 29.0. The molecule has 0 saturated carbocycles. The molecule has 2 aliphatic rings. The van der Waals surface area contributed by atoms with Crippen molar-refractivity contribution in [2.24, 2.45) is 0 Å². The molecule has 6 rings (SSSR count). The molecule has 55 heavy (non-hydrogen) atoms. The number of nitrogens with one attached hydrogen (secondary N) is 1. The highest BCUT2D eigenvalue weighted by atomic mass is 32.3. The normalized spacial score (nSPS) is 27.3. The SMILES string of the molecule is CC(=O)O[C@H]1[C@@H](OCc2ccccc2)[C@H](OCc2ccccc2)[C@H](O[C@H]2[C@@H](OS(=O)(=O)O)[C@H](n3cnc4c(=O)[nH]c(N)nc43)O[C@@H]2COS(=O)(=O)O)O[C@H]1C. The number of nitrogen functional groups attached to an aromatic ring is 1. The smallest absolute Gasteiger partial charge is 0.397 e. The van der Waals surface area contributed by atoms with E-state index >= 15 is 0 Å². The second-order valence-corrected chi connectivity index (χ2v) is 14.6. The summed E-state index contributed by atoms with van der Waals surface area (Å²) in [6.45, 7) is 1.70. The number of hydrogen-bond acceptors (Lipinski definition) is 17. The first-order chi connectivity index (χ1) is 26.1. The average Bonchev–Trinajstić information content (AvgIpc) is 3.67. The molecule has 21 nitrogen and oxygen atoms in total. The molecule has 0 spiro atoms. The summed E-state index contributed by atoms with van der Waals surface area (Å²) in [5.74, 6) is -1.01. The van der Waals surface area contributed by atoms with Crippen LogP contribution in [0.15, 0.2) is 71.8 Å². The first kappa shape index (κ1) is 40.3. The Morgan fingerprint density at radius 3 is 2.09 bits per heavy atom. The number of carbonyl (C=O) groups is 1. The van der Waals surface area contributed by atoms with Crippen LogP contribution in [0.25, 0.3) is 11.2 Å². The highest BCUT2D eigenvalue weighted by molar-refractivity contribution is 7.81. The summed E-state index contributed by atoms with van der Waals surface area (Å²) in [7, 11) is -10.5. The molecule has 4 aromatic rings. The molecule has 23 heteroatoms. The van der Waals surface area contributed by atoms with E-state index in [0.29, 0.717) is 5.56 Å².